The van der Waals surface area contributed by atoms with Crippen LogP contribution in [0.2, 0.25) is 0 Å². The van der Waals surface area contributed by atoms with Gasteiger partial charge in [0.25, 0.3) is 0 Å². The number of hydrogen-bond acceptors (Lipinski definition) is 1. The zero-order chi connectivity index (χ0) is 9.40. The van der Waals surface area contributed by atoms with Gasteiger partial charge in [-0.25, -0.2) is 0 Å². The molecule has 0 radical (unpaired) electrons. The van der Waals surface area contributed by atoms with Crippen molar-refractivity contribution in [1.82, 2.24) is 0 Å². The minimum atomic E-state index is -0.713. The van der Waals surface area contributed by atoms with E-state index in [1.54, 1.807) is 0 Å². The Balaban J connectivity index is 3.47. The topological polar surface area (TPSA) is 37.3 Å². The van der Waals surface area contributed by atoms with Gasteiger partial charge in [0.05, 0.1) is 0 Å². The predicted octanol–water partition coefficient (Wildman–Crippen LogP) is 2.99. The summed E-state index contributed by atoms with van der Waals surface area (Å²) >= 11 is 0. The predicted molar refractivity (Wildman–Crippen MR) is 50.2 cm³/mol. The van der Waals surface area contributed by atoms with E-state index in [1.807, 2.05) is 6.08 Å². The molecule has 0 unspecified atom stereocenters. The Morgan fingerprint density at radius 1 is 1.42 bits per heavy atom. The van der Waals surface area contributed by atoms with Gasteiger partial charge in [-0.05, 0) is 26.2 Å². The molecule has 0 aliphatic carbocycles. The minimum absolute atomic E-state index is 0.253. The summed E-state index contributed by atoms with van der Waals surface area (Å²) in [5.74, 6) is -0.713. The zero-order valence-electron chi connectivity index (χ0n) is 7.97. The van der Waals surface area contributed by atoms with Crippen molar-refractivity contribution in [3.8, 4) is 0 Å². The minimum Gasteiger partial charge on any atom is -0.481 e. The summed E-state index contributed by atoms with van der Waals surface area (Å²) in [5.41, 5.74) is 1.32. The summed E-state index contributed by atoms with van der Waals surface area (Å²) in [6.07, 6.45) is 6.47. The highest BCUT2D eigenvalue weighted by Gasteiger charge is 1.94. The molecule has 0 saturated heterocycles. The summed E-state index contributed by atoms with van der Waals surface area (Å²) in [6.45, 7) is 4.22. The summed E-state index contributed by atoms with van der Waals surface area (Å²) < 4.78 is 0. The lowest BCUT2D eigenvalue weighted by Gasteiger charge is -1.97. The molecule has 0 aromatic heterocycles. The number of carbonyl (C=O) groups is 1. The lowest BCUT2D eigenvalue weighted by molar-refractivity contribution is -0.136. The zero-order valence-corrected chi connectivity index (χ0v) is 7.97. The molecule has 12 heavy (non-hydrogen) atoms. The van der Waals surface area contributed by atoms with Crippen LogP contribution in [0.15, 0.2) is 11.6 Å². The van der Waals surface area contributed by atoms with Gasteiger partial charge in [-0.15, -0.1) is 0 Å². The van der Waals surface area contributed by atoms with Gasteiger partial charge in [0.2, 0.25) is 0 Å². The standard InChI is InChI=1S/C10H18O2/c1-3-4-6-9(2)7-5-8-10(11)12/h7H,3-6,8H2,1-2H3,(H,11,12). The van der Waals surface area contributed by atoms with E-state index in [0.29, 0.717) is 6.42 Å². The number of carboxylic acids is 1. The van der Waals surface area contributed by atoms with Crippen LogP contribution in [0.3, 0.4) is 0 Å². The Morgan fingerprint density at radius 3 is 2.58 bits per heavy atom. The third kappa shape index (κ3) is 7.32. The van der Waals surface area contributed by atoms with Crippen molar-refractivity contribution in [3.63, 3.8) is 0 Å². The molecule has 1 N–H and O–H groups in total. The molecule has 0 aliphatic rings. The van der Waals surface area contributed by atoms with Crippen LogP contribution >= 0.6 is 0 Å². The first-order chi connectivity index (χ1) is 5.66. The second-order valence-electron chi connectivity index (χ2n) is 3.09. The molecule has 70 valence electrons. The maximum absolute atomic E-state index is 10.2. The molecule has 0 aromatic rings. The van der Waals surface area contributed by atoms with Crippen LogP contribution in [-0.4, -0.2) is 11.1 Å². The molecule has 0 bridgehead atoms. The SMILES string of the molecule is CCCCC(C)=CCCC(=O)O. The van der Waals surface area contributed by atoms with Crippen molar-refractivity contribution in [2.75, 3.05) is 0 Å². The van der Waals surface area contributed by atoms with E-state index in [4.69, 9.17) is 5.11 Å². The number of hydrogen-bond donors (Lipinski definition) is 1. The van der Waals surface area contributed by atoms with Gasteiger partial charge in [-0.2, -0.15) is 0 Å². The molecular formula is C10H18O2. The van der Waals surface area contributed by atoms with Crippen molar-refractivity contribution in [2.45, 2.75) is 46.0 Å². The van der Waals surface area contributed by atoms with Gasteiger partial charge in [0.1, 0.15) is 0 Å². The van der Waals surface area contributed by atoms with E-state index in [2.05, 4.69) is 13.8 Å². The third-order valence-electron chi connectivity index (χ3n) is 1.78. The lowest BCUT2D eigenvalue weighted by atomic mass is 10.1. The molecule has 2 heteroatoms. The van der Waals surface area contributed by atoms with Gasteiger partial charge >= 0.3 is 5.97 Å². The quantitative estimate of drug-likeness (QED) is 0.622. The number of aliphatic carboxylic acids is 1. The summed E-state index contributed by atoms with van der Waals surface area (Å²) in [6, 6.07) is 0. The second-order valence-corrected chi connectivity index (χ2v) is 3.09. The fraction of sp³-hybridized carbons (Fsp3) is 0.700. The van der Waals surface area contributed by atoms with Crippen molar-refractivity contribution in [1.29, 1.82) is 0 Å². The largest absolute Gasteiger partial charge is 0.481 e. The number of carboxylic acid groups (broad SMARTS) is 1. The monoisotopic (exact) mass is 170 g/mol. The van der Waals surface area contributed by atoms with Crippen LogP contribution in [0.1, 0.15) is 46.0 Å². The van der Waals surface area contributed by atoms with Crippen molar-refractivity contribution >= 4 is 5.97 Å². The van der Waals surface area contributed by atoms with Crippen molar-refractivity contribution in [2.24, 2.45) is 0 Å². The lowest BCUT2D eigenvalue weighted by Crippen LogP contribution is -1.92. The van der Waals surface area contributed by atoms with E-state index in [-0.39, 0.29) is 6.42 Å². The highest BCUT2D eigenvalue weighted by atomic mass is 16.4. The first-order valence-electron chi connectivity index (χ1n) is 4.54. The smallest absolute Gasteiger partial charge is 0.303 e. The van der Waals surface area contributed by atoms with Crippen LogP contribution in [0.5, 0.6) is 0 Å². The van der Waals surface area contributed by atoms with Crippen molar-refractivity contribution < 1.29 is 9.90 Å². The molecule has 0 aromatic carbocycles. The highest BCUT2D eigenvalue weighted by Crippen LogP contribution is 2.07. The molecule has 0 spiro atoms. The van der Waals surface area contributed by atoms with E-state index < -0.39 is 5.97 Å². The van der Waals surface area contributed by atoms with E-state index in [1.165, 1.54) is 18.4 Å². The fourth-order valence-electron chi connectivity index (χ4n) is 1.000. The average Bonchev–Trinajstić information content (AvgIpc) is 2.00. The summed E-state index contributed by atoms with van der Waals surface area (Å²) in [7, 11) is 0. The third-order valence-corrected chi connectivity index (χ3v) is 1.78. The van der Waals surface area contributed by atoms with Gasteiger partial charge in [-0.1, -0.05) is 25.0 Å². The summed E-state index contributed by atoms with van der Waals surface area (Å²) in [5, 5.41) is 8.37. The average molecular weight is 170 g/mol. The number of allylic oxidation sites excluding steroid dienone is 2. The molecule has 0 amide bonds. The van der Waals surface area contributed by atoms with Crippen LogP contribution in [0, 0.1) is 0 Å². The van der Waals surface area contributed by atoms with Crippen LogP contribution < -0.4 is 0 Å². The van der Waals surface area contributed by atoms with Crippen LogP contribution in [-0.2, 0) is 4.79 Å². The fourth-order valence-corrected chi connectivity index (χ4v) is 1.000. The van der Waals surface area contributed by atoms with E-state index in [9.17, 15) is 4.79 Å². The molecular weight excluding hydrogens is 152 g/mol. The van der Waals surface area contributed by atoms with Gasteiger partial charge < -0.3 is 5.11 Å². The molecule has 0 aliphatic heterocycles. The number of unbranched alkanes of at least 4 members (excludes halogenated alkanes) is 1. The molecule has 0 fully saturated rings. The Kier molecular flexibility index (Phi) is 6.44. The normalized spacial score (nSPS) is 11.7. The molecule has 0 rings (SSSR count). The molecule has 0 atom stereocenters. The van der Waals surface area contributed by atoms with Gasteiger partial charge in [0.15, 0.2) is 0 Å². The number of rotatable bonds is 6. The Labute approximate surface area is 74.3 Å². The van der Waals surface area contributed by atoms with Crippen LogP contribution in [0.4, 0.5) is 0 Å². The van der Waals surface area contributed by atoms with Gasteiger partial charge in [0, 0.05) is 6.42 Å². The first kappa shape index (κ1) is 11.2. The van der Waals surface area contributed by atoms with E-state index in [0.717, 1.165) is 6.42 Å². The van der Waals surface area contributed by atoms with E-state index >= 15 is 0 Å². The van der Waals surface area contributed by atoms with Crippen LogP contribution in [0.25, 0.3) is 0 Å². The molecule has 2 nitrogen and oxygen atoms in total. The molecule has 0 heterocycles. The first-order valence-corrected chi connectivity index (χ1v) is 4.54. The maximum Gasteiger partial charge on any atom is 0.303 e. The maximum atomic E-state index is 10.2. The molecule has 0 saturated carbocycles. The Hall–Kier alpha value is -0.790. The summed E-state index contributed by atoms with van der Waals surface area (Å²) in [4.78, 5) is 10.2. The second kappa shape index (κ2) is 6.89. The Bertz CT molecular complexity index is 159. The van der Waals surface area contributed by atoms with Crippen molar-refractivity contribution in [3.05, 3.63) is 11.6 Å². The van der Waals surface area contributed by atoms with Gasteiger partial charge in [-0.3, -0.25) is 4.79 Å². The highest BCUT2D eigenvalue weighted by molar-refractivity contribution is 5.66. The Morgan fingerprint density at radius 2 is 2.08 bits per heavy atom.